The molecule has 16 heavy (non-hydrogen) atoms. The number of carbonyl (C=O) groups excluding carboxylic acids is 1. The van der Waals surface area contributed by atoms with Crippen LogP contribution in [0.4, 0.5) is 0 Å². The van der Waals surface area contributed by atoms with E-state index in [-0.39, 0.29) is 12.2 Å². The first-order valence-electron chi connectivity index (χ1n) is 4.87. The third-order valence-electron chi connectivity index (χ3n) is 2.11. The quantitative estimate of drug-likeness (QED) is 0.702. The molecule has 0 amide bonds. The topological polar surface area (TPSA) is 60.7 Å². The monoisotopic (exact) mass is 218 g/mol. The summed E-state index contributed by atoms with van der Waals surface area (Å²) in [5.74, 6) is -0.473. The molecule has 5 nitrogen and oxygen atoms in total. The Bertz CT molecular complexity index is 589. The Balaban J connectivity index is 2.67. The van der Waals surface area contributed by atoms with Gasteiger partial charge in [-0.2, -0.15) is 0 Å². The first-order chi connectivity index (χ1) is 7.74. The molecule has 0 aromatic carbocycles. The van der Waals surface area contributed by atoms with Gasteiger partial charge in [0.1, 0.15) is 5.56 Å². The first kappa shape index (κ1) is 10.4. The molecule has 0 fully saturated rings. The number of carbonyl (C=O) groups is 1. The third kappa shape index (κ3) is 1.67. The molecule has 0 radical (unpaired) electrons. The van der Waals surface area contributed by atoms with Gasteiger partial charge in [-0.25, -0.2) is 9.78 Å². The molecule has 0 saturated heterocycles. The summed E-state index contributed by atoms with van der Waals surface area (Å²) in [6.07, 6.45) is 2.94. The van der Waals surface area contributed by atoms with Gasteiger partial charge in [-0.3, -0.25) is 9.20 Å². The van der Waals surface area contributed by atoms with Crippen molar-refractivity contribution in [1.29, 1.82) is 0 Å². The lowest BCUT2D eigenvalue weighted by atomic mass is 10.2. The molecular formula is C11H10N2O3. The van der Waals surface area contributed by atoms with Crippen LogP contribution in [0.25, 0.3) is 5.65 Å². The van der Waals surface area contributed by atoms with Crippen molar-refractivity contribution in [2.75, 3.05) is 6.61 Å². The maximum atomic E-state index is 11.6. The molecule has 82 valence electrons. The minimum atomic E-state index is -0.473. The predicted molar refractivity (Wildman–Crippen MR) is 57.4 cm³/mol. The minimum Gasteiger partial charge on any atom is -0.462 e. The molecule has 0 aliphatic rings. The van der Waals surface area contributed by atoms with Crippen molar-refractivity contribution in [3.05, 3.63) is 46.5 Å². The highest BCUT2D eigenvalue weighted by Crippen LogP contribution is 2.07. The predicted octanol–water partition coefficient (Wildman–Crippen LogP) is 0.871. The summed E-state index contributed by atoms with van der Waals surface area (Å²) in [7, 11) is 0. The van der Waals surface area contributed by atoms with E-state index in [1.54, 1.807) is 25.3 Å². The van der Waals surface area contributed by atoms with Gasteiger partial charge in [-0.15, -0.1) is 0 Å². The number of aromatic nitrogens is 2. The number of rotatable bonds is 2. The summed E-state index contributed by atoms with van der Waals surface area (Å²) in [4.78, 5) is 27.1. The van der Waals surface area contributed by atoms with E-state index < -0.39 is 5.97 Å². The lowest BCUT2D eigenvalue weighted by Crippen LogP contribution is -2.16. The molecule has 2 aromatic heterocycles. The summed E-state index contributed by atoms with van der Waals surface area (Å²) in [6, 6.07) is 4.53. The number of nitrogens with zero attached hydrogens (tertiary/aromatic N) is 2. The highest BCUT2D eigenvalue weighted by Gasteiger charge is 2.12. The molecule has 2 aromatic rings. The SMILES string of the molecule is CCOC(=O)c1cccn2c(=O)ccnc12. The van der Waals surface area contributed by atoms with Crippen LogP contribution in [0.5, 0.6) is 0 Å². The Morgan fingerprint density at radius 2 is 2.31 bits per heavy atom. The molecule has 0 aliphatic carbocycles. The highest BCUT2D eigenvalue weighted by atomic mass is 16.5. The average molecular weight is 218 g/mol. The number of pyridine rings is 1. The van der Waals surface area contributed by atoms with Gasteiger partial charge >= 0.3 is 5.97 Å². The van der Waals surface area contributed by atoms with Crippen LogP contribution in [0.2, 0.25) is 0 Å². The Morgan fingerprint density at radius 3 is 3.06 bits per heavy atom. The van der Waals surface area contributed by atoms with Crippen molar-refractivity contribution in [1.82, 2.24) is 9.38 Å². The van der Waals surface area contributed by atoms with Crippen LogP contribution in [0, 0.1) is 0 Å². The van der Waals surface area contributed by atoms with E-state index in [9.17, 15) is 9.59 Å². The third-order valence-corrected chi connectivity index (χ3v) is 2.11. The second-order valence-corrected chi connectivity index (χ2v) is 3.12. The molecule has 0 spiro atoms. The molecule has 0 atom stereocenters. The number of esters is 1. The molecule has 0 saturated carbocycles. The van der Waals surface area contributed by atoms with Crippen LogP contribution in [0.1, 0.15) is 17.3 Å². The van der Waals surface area contributed by atoms with Gasteiger partial charge in [0.25, 0.3) is 5.56 Å². The molecule has 0 aliphatic heterocycles. The van der Waals surface area contributed by atoms with Gasteiger partial charge in [-0.05, 0) is 19.1 Å². The standard InChI is InChI=1S/C11H10N2O3/c1-2-16-11(15)8-4-3-7-13-9(14)5-6-12-10(8)13/h3-7H,2H2,1H3. The van der Waals surface area contributed by atoms with Crippen LogP contribution in [-0.4, -0.2) is 22.0 Å². The molecule has 0 unspecified atom stereocenters. The lowest BCUT2D eigenvalue weighted by molar-refractivity contribution is 0.0528. The van der Waals surface area contributed by atoms with Crippen molar-refractivity contribution in [3.8, 4) is 0 Å². The van der Waals surface area contributed by atoms with Gasteiger partial charge < -0.3 is 4.74 Å². The van der Waals surface area contributed by atoms with Crippen LogP contribution in [-0.2, 0) is 4.74 Å². The average Bonchev–Trinajstić information content (AvgIpc) is 2.29. The minimum absolute atomic E-state index is 0.226. The smallest absolute Gasteiger partial charge is 0.341 e. The summed E-state index contributed by atoms with van der Waals surface area (Å²) in [6.45, 7) is 2.01. The number of hydrogen-bond acceptors (Lipinski definition) is 4. The van der Waals surface area contributed by atoms with Crippen molar-refractivity contribution in [2.45, 2.75) is 6.92 Å². The van der Waals surface area contributed by atoms with E-state index >= 15 is 0 Å². The van der Waals surface area contributed by atoms with Gasteiger partial charge in [0, 0.05) is 18.5 Å². The van der Waals surface area contributed by atoms with E-state index in [1.165, 1.54) is 16.7 Å². The first-order valence-corrected chi connectivity index (χ1v) is 4.87. The molecular weight excluding hydrogens is 208 g/mol. The lowest BCUT2D eigenvalue weighted by Gasteiger charge is -2.05. The second-order valence-electron chi connectivity index (χ2n) is 3.12. The van der Waals surface area contributed by atoms with Crippen molar-refractivity contribution in [3.63, 3.8) is 0 Å². The van der Waals surface area contributed by atoms with Crippen LogP contribution in [0.15, 0.2) is 35.4 Å². The fourth-order valence-corrected chi connectivity index (χ4v) is 1.43. The van der Waals surface area contributed by atoms with Gasteiger partial charge in [0.05, 0.1) is 6.61 Å². The summed E-state index contributed by atoms with van der Waals surface area (Å²) in [5, 5.41) is 0. The molecule has 2 heterocycles. The van der Waals surface area contributed by atoms with Crippen molar-refractivity contribution in [2.24, 2.45) is 0 Å². The van der Waals surface area contributed by atoms with Gasteiger partial charge in [-0.1, -0.05) is 0 Å². The van der Waals surface area contributed by atoms with Gasteiger partial charge in [0.15, 0.2) is 5.65 Å². The van der Waals surface area contributed by atoms with E-state index in [0.717, 1.165) is 0 Å². The molecule has 0 N–H and O–H groups in total. The maximum absolute atomic E-state index is 11.6. The highest BCUT2D eigenvalue weighted by molar-refractivity contribution is 5.95. The molecule has 2 rings (SSSR count). The van der Waals surface area contributed by atoms with Crippen molar-refractivity contribution < 1.29 is 9.53 Å². The number of fused-ring (bicyclic) bond motifs is 1. The number of hydrogen-bond donors (Lipinski definition) is 0. The fourth-order valence-electron chi connectivity index (χ4n) is 1.43. The van der Waals surface area contributed by atoms with Gasteiger partial charge in [0.2, 0.25) is 0 Å². The van der Waals surface area contributed by atoms with E-state index in [2.05, 4.69) is 4.98 Å². The van der Waals surface area contributed by atoms with Crippen LogP contribution >= 0.6 is 0 Å². The van der Waals surface area contributed by atoms with E-state index in [1.807, 2.05) is 0 Å². The summed E-state index contributed by atoms with van der Waals surface area (Å²) in [5.41, 5.74) is 0.381. The Hall–Kier alpha value is -2.17. The Labute approximate surface area is 91.3 Å². The van der Waals surface area contributed by atoms with Crippen LogP contribution in [0.3, 0.4) is 0 Å². The van der Waals surface area contributed by atoms with E-state index in [0.29, 0.717) is 11.2 Å². The zero-order valence-electron chi connectivity index (χ0n) is 8.71. The van der Waals surface area contributed by atoms with E-state index in [4.69, 9.17) is 4.74 Å². The molecule has 0 bridgehead atoms. The Morgan fingerprint density at radius 1 is 1.50 bits per heavy atom. The largest absolute Gasteiger partial charge is 0.462 e. The second kappa shape index (κ2) is 4.14. The summed E-state index contributed by atoms with van der Waals surface area (Å²) >= 11 is 0. The number of ether oxygens (including phenoxy) is 1. The maximum Gasteiger partial charge on any atom is 0.341 e. The zero-order chi connectivity index (χ0) is 11.5. The zero-order valence-corrected chi connectivity index (χ0v) is 8.71. The molecule has 5 heteroatoms. The Kier molecular flexibility index (Phi) is 2.68. The fraction of sp³-hybridized carbons (Fsp3) is 0.182. The normalized spacial score (nSPS) is 10.3. The summed E-state index contributed by atoms with van der Waals surface area (Å²) < 4.78 is 6.19. The van der Waals surface area contributed by atoms with Crippen LogP contribution < -0.4 is 5.56 Å². The van der Waals surface area contributed by atoms with Crippen molar-refractivity contribution >= 4 is 11.6 Å².